The first-order valence-electron chi connectivity index (χ1n) is 14.5. The van der Waals surface area contributed by atoms with Gasteiger partial charge in [-0.3, -0.25) is 0 Å². The molecule has 0 saturated heterocycles. The normalized spacial score (nSPS) is 12.8. The maximum Gasteiger partial charge on any atom is 0.214 e. The summed E-state index contributed by atoms with van der Waals surface area (Å²) in [5.41, 5.74) is 10.7. The number of hydrogen-bond donors (Lipinski definition) is 0. The number of benzene rings is 3. The highest BCUT2D eigenvalue weighted by atomic mass is 15.0. The van der Waals surface area contributed by atoms with Crippen molar-refractivity contribution in [1.29, 1.82) is 0 Å². The van der Waals surface area contributed by atoms with Crippen LogP contribution in [0.4, 0.5) is 0 Å². The van der Waals surface area contributed by atoms with Crippen molar-refractivity contribution in [3.63, 3.8) is 0 Å². The van der Waals surface area contributed by atoms with Gasteiger partial charge < -0.3 is 4.57 Å². The lowest BCUT2D eigenvalue weighted by molar-refractivity contribution is -0.660. The van der Waals surface area contributed by atoms with E-state index in [2.05, 4.69) is 130 Å². The summed E-state index contributed by atoms with van der Waals surface area (Å²) in [6.45, 7) is 15.5. The van der Waals surface area contributed by atoms with Crippen LogP contribution >= 0.6 is 0 Å². The number of aromatic nitrogens is 2. The molecule has 2 aromatic heterocycles. The van der Waals surface area contributed by atoms with Gasteiger partial charge in [0.1, 0.15) is 7.05 Å². The Labute approximate surface area is 230 Å². The molecule has 0 spiro atoms. The molecule has 0 amide bonds. The van der Waals surface area contributed by atoms with Crippen molar-refractivity contribution >= 4 is 21.8 Å². The molecule has 0 N–H and O–H groups in total. The highest BCUT2D eigenvalue weighted by Gasteiger charge is 2.29. The molecule has 0 aliphatic carbocycles. The second-order valence-corrected chi connectivity index (χ2v) is 10.7. The molecule has 1 unspecified atom stereocenters. The molecule has 0 aliphatic heterocycles. The second-order valence-electron chi connectivity index (χ2n) is 10.7. The summed E-state index contributed by atoms with van der Waals surface area (Å²) in [6, 6.07) is 27.4. The molecule has 5 aromatic rings. The van der Waals surface area contributed by atoms with Gasteiger partial charge in [-0.05, 0) is 67.0 Å². The molecule has 2 heterocycles. The first-order chi connectivity index (χ1) is 18.4. The van der Waals surface area contributed by atoms with Crippen LogP contribution in [-0.2, 0) is 18.9 Å². The standard InChI is InChI=1S/C34H39N2.C2H6/c1-7-19-34(5,9-3)30-22-25(8-2)15-16-28(30)33-23-26(18-20-35(33)6)36-31-13-11-10-12-27(31)29-21-24(4)14-17-32(29)36;1-2/h10-18,20-23H,7-9,19H2,1-6H3;1-2H3/q+1;. The molecule has 0 bridgehead atoms. The molecule has 0 aliphatic rings. The van der Waals surface area contributed by atoms with E-state index < -0.39 is 0 Å². The Bertz CT molecular complexity index is 1560. The van der Waals surface area contributed by atoms with Gasteiger partial charge in [0.15, 0.2) is 6.20 Å². The highest BCUT2D eigenvalue weighted by molar-refractivity contribution is 6.09. The maximum atomic E-state index is 2.48. The van der Waals surface area contributed by atoms with Crippen LogP contribution in [0.5, 0.6) is 0 Å². The smallest absolute Gasteiger partial charge is 0.214 e. The van der Waals surface area contributed by atoms with Gasteiger partial charge in [-0.15, -0.1) is 0 Å². The molecule has 0 radical (unpaired) electrons. The summed E-state index contributed by atoms with van der Waals surface area (Å²) in [5, 5.41) is 2.62. The molecule has 1 atom stereocenters. The molecule has 2 heteroatoms. The zero-order valence-corrected chi connectivity index (χ0v) is 24.7. The monoisotopic (exact) mass is 505 g/mol. The van der Waals surface area contributed by atoms with Gasteiger partial charge in [0.25, 0.3) is 0 Å². The van der Waals surface area contributed by atoms with Gasteiger partial charge in [-0.2, -0.15) is 0 Å². The minimum Gasteiger partial charge on any atom is -0.309 e. The lowest BCUT2D eigenvalue weighted by Crippen LogP contribution is -2.32. The Kier molecular flexibility index (Phi) is 8.41. The van der Waals surface area contributed by atoms with Gasteiger partial charge >= 0.3 is 0 Å². The fourth-order valence-corrected chi connectivity index (χ4v) is 5.92. The molecular formula is C36H45N2+. The minimum absolute atomic E-state index is 0.155. The third-order valence-electron chi connectivity index (χ3n) is 8.22. The number of hydrogen-bond acceptors (Lipinski definition) is 0. The maximum absolute atomic E-state index is 2.48. The van der Waals surface area contributed by atoms with Crippen LogP contribution in [-0.4, -0.2) is 4.57 Å². The van der Waals surface area contributed by atoms with E-state index in [-0.39, 0.29) is 5.41 Å². The minimum atomic E-state index is 0.155. The Morgan fingerprint density at radius 3 is 2.26 bits per heavy atom. The zero-order chi connectivity index (χ0) is 27.4. The molecule has 38 heavy (non-hydrogen) atoms. The Morgan fingerprint density at radius 1 is 0.816 bits per heavy atom. The Hall–Kier alpha value is -3.39. The van der Waals surface area contributed by atoms with E-state index in [0.29, 0.717) is 0 Å². The number of para-hydroxylation sites is 1. The van der Waals surface area contributed by atoms with Crippen molar-refractivity contribution in [3.8, 4) is 16.9 Å². The average molecular weight is 506 g/mol. The quantitative estimate of drug-likeness (QED) is 0.195. The molecular weight excluding hydrogens is 460 g/mol. The van der Waals surface area contributed by atoms with Gasteiger partial charge in [0.05, 0.1) is 16.7 Å². The average Bonchev–Trinajstić information content (AvgIpc) is 3.28. The predicted molar refractivity (Wildman–Crippen MR) is 165 cm³/mol. The van der Waals surface area contributed by atoms with Crippen molar-refractivity contribution in [2.75, 3.05) is 0 Å². The predicted octanol–water partition coefficient (Wildman–Crippen LogP) is 9.64. The lowest BCUT2D eigenvalue weighted by Gasteiger charge is -2.31. The summed E-state index contributed by atoms with van der Waals surface area (Å²) in [5.74, 6) is 0. The third kappa shape index (κ3) is 4.89. The zero-order valence-electron chi connectivity index (χ0n) is 24.7. The summed E-state index contributed by atoms with van der Waals surface area (Å²) in [4.78, 5) is 0. The van der Waals surface area contributed by atoms with E-state index in [1.165, 1.54) is 68.3 Å². The van der Waals surface area contributed by atoms with Crippen LogP contribution < -0.4 is 4.57 Å². The number of fused-ring (bicyclic) bond motifs is 3. The lowest BCUT2D eigenvalue weighted by atomic mass is 9.73. The van der Waals surface area contributed by atoms with E-state index >= 15 is 0 Å². The van der Waals surface area contributed by atoms with Gasteiger partial charge in [-0.25, -0.2) is 4.57 Å². The van der Waals surface area contributed by atoms with Gasteiger partial charge in [0.2, 0.25) is 5.69 Å². The Balaban J connectivity index is 0.00000164. The van der Waals surface area contributed by atoms with Crippen LogP contribution in [0.15, 0.2) is 79.0 Å². The topological polar surface area (TPSA) is 8.81 Å². The van der Waals surface area contributed by atoms with Crippen LogP contribution in [0.1, 0.15) is 77.5 Å². The van der Waals surface area contributed by atoms with E-state index in [4.69, 9.17) is 0 Å². The summed E-state index contributed by atoms with van der Waals surface area (Å²) >= 11 is 0. The third-order valence-corrected chi connectivity index (χ3v) is 8.22. The Morgan fingerprint density at radius 2 is 1.55 bits per heavy atom. The second kappa shape index (κ2) is 11.6. The van der Waals surface area contributed by atoms with E-state index in [1.54, 1.807) is 0 Å². The van der Waals surface area contributed by atoms with Crippen molar-refractivity contribution in [2.45, 2.75) is 79.6 Å². The van der Waals surface area contributed by atoms with Crippen LogP contribution in [0.25, 0.3) is 38.8 Å². The summed E-state index contributed by atoms with van der Waals surface area (Å²) < 4.78 is 4.72. The highest BCUT2D eigenvalue weighted by Crippen LogP contribution is 2.40. The first-order valence-corrected chi connectivity index (χ1v) is 14.5. The fourth-order valence-electron chi connectivity index (χ4n) is 5.92. The number of aryl methyl sites for hydroxylation is 3. The molecule has 198 valence electrons. The number of pyridine rings is 1. The molecule has 0 saturated carbocycles. The van der Waals surface area contributed by atoms with Crippen molar-refractivity contribution < 1.29 is 4.57 Å². The van der Waals surface area contributed by atoms with Crippen molar-refractivity contribution in [3.05, 3.63) is 95.7 Å². The largest absolute Gasteiger partial charge is 0.309 e. The van der Waals surface area contributed by atoms with E-state index in [0.717, 1.165) is 12.8 Å². The SMILES string of the molecule is CC.CCCC(C)(CC)c1cc(CC)ccc1-c1cc(-n2c3ccccc3c3cc(C)ccc32)cc[n+]1C. The summed E-state index contributed by atoms with van der Waals surface area (Å²) in [7, 11) is 2.18. The van der Waals surface area contributed by atoms with Crippen LogP contribution in [0.2, 0.25) is 0 Å². The molecule has 5 rings (SSSR count). The fraction of sp³-hybridized carbons (Fsp3) is 0.361. The van der Waals surface area contributed by atoms with Crippen LogP contribution in [0, 0.1) is 6.92 Å². The van der Waals surface area contributed by atoms with Gasteiger partial charge in [0, 0.05) is 28.5 Å². The van der Waals surface area contributed by atoms with E-state index in [9.17, 15) is 0 Å². The van der Waals surface area contributed by atoms with Crippen LogP contribution in [0.3, 0.4) is 0 Å². The number of rotatable bonds is 7. The van der Waals surface area contributed by atoms with Crippen molar-refractivity contribution in [2.24, 2.45) is 7.05 Å². The number of nitrogens with zero attached hydrogens (tertiary/aromatic N) is 2. The summed E-state index contributed by atoms with van der Waals surface area (Å²) in [6.07, 6.45) is 6.80. The molecule has 0 fully saturated rings. The molecule has 3 aromatic carbocycles. The van der Waals surface area contributed by atoms with E-state index in [1.807, 2.05) is 13.8 Å². The van der Waals surface area contributed by atoms with Crippen molar-refractivity contribution in [1.82, 2.24) is 4.57 Å². The first kappa shape index (κ1) is 27.6. The molecule has 2 nitrogen and oxygen atoms in total. The van der Waals surface area contributed by atoms with Gasteiger partial charge in [-0.1, -0.05) is 89.9 Å².